The summed E-state index contributed by atoms with van der Waals surface area (Å²) in [7, 11) is 0. The van der Waals surface area contributed by atoms with Crippen molar-refractivity contribution in [1.29, 1.82) is 0 Å². The van der Waals surface area contributed by atoms with Crippen molar-refractivity contribution >= 4 is 22.4 Å². The molecule has 1 aliphatic rings. The van der Waals surface area contributed by atoms with Crippen LogP contribution in [-0.2, 0) is 9.53 Å². The molecular formula is C26H30N2O4. The third-order valence-electron chi connectivity index (χ3n) is 5.91. The molecule has 0 spiro atoms. The van der Waals surface area contributed by atoms with Crippen LogP contribution in [0.1, 0.15) is 24.9 Å². The normalized spacial score (nSPS) is 17.3. The Hall–Kier alpha value is -3.09. The topological polar surface area (TPSA) is 71.0 Å². The van der Waals surface area contributed by atoms with Crippen molar-refractivity contribution in [3.8, 4) is 5.75 Å². The van der Waals surface area contributed by atoms with Gasteiger partial charge in [-0.1, -0.05) is 42.5 Å². The summed E-state index contributed by atoms with van der Waals surface area (Å²) in [6, 6.07) is 22.8. The van der Waals surface area contributed by atoms with Gasteiger partial charge in [0.15, 0.2) is 6.61 Å². The van der Waals surface area contributed by atoms with Crippen molar-refractivity contribution in [3.63, 3.8) is 0 Å². The Morgan fingerprint density at radius 1 is 1.16 bits per heavy atom. The Bertz CT molecular complexity index is 1030. The summed E-state index contributed by atoms with van der Waals surface area (Å²) in [5, 5.41) is 15.0. The SMILES string of the molecule is C[C@@H](NCCC1CN(c2ccc(OCC(=O)O)cc2)CCO1)c1cccc2ccccc12. The summed E-state index contributed by atoms with van der Waals surface area (Å²) in [5.41, 5.74) is 2.41. The number of nitrogens with zero attached hydrogens (tertiary/aromatic N) is 1. The van der Waals surface area contributed by atoms with Crippen LogP contribution in [0.25, 0.3) is 10.8 Å². The van der Waals surface area contributed by atoms with Gasteiger partial charge in [-0.15, -0.1) is 0 Å². The van der Waals surface area contributed by atoms with Gasteiger partial charge in [-0.05, 0) is 60.5 Å². The van der Waals surface area contributed by atoms with Gasteiger partial charge in [-0.25, -0.2) is 4.79 Å². The molecule has 1 aliphatic heterocycles. The van der Waals surface area contributed by atoms with E-state index in [-0.39, 0.29) is 18.8 Å². The van der Waals surface area contributed by atoms with Gasteiger partial charge in [0.2, 0.25) is 0 Å². The van der Waals surface area contributed by atoms with Gasteiger partial charge in [0.25, 0.3) is 0 Å². The monoisotopic (exact) mass is 434 g/mol. The average Bonchev–Trinajstić information content (AvgIpc) is 2.83. The fourth-order valence-electron chi connectivity index (χ4n) is 4.23. The molecule has 6 heteroatoms. The molecule has 3 aromatic rings. The Morgan fingerprint density at radius 3 is 2.75 bits per heavy atom. The molecule has 3 aromatic carbocycles. The molecule has 4 rings (SSSR count). The fourth-order valence-corrected chi connectivity index (χ4v) is 4.23. The first-order valence-electron chi connectivity index (χ1n) is 11.1. The van der Waals surface area contributed by atoms with Gasteiger partial charge in [-0.3, -0.25) is 0 Å². The van der Waals surface area contributed by atoms with Crippen molar-refractivity contribution < 1.29 is 19.4 Å². The number of carbonyl (C=O) groups is 1. The molecule has 2 N–H and O–H groups in total. The first-order chi connectivity index (χ1) is 15.6. The third-order valence-corrected chi connectivity index (χ3v) is 5.91. The molecule has 32 heavy (non-hydrogen) atoms. The molecule has 1 heterocycles. The van der Waals surface area contributed by atoms with Gasteiger partial charge in [0.1, 0.15) is 5.75 Å². The number of fused-ring (bicyclic) bond motifs is 1. The number of carboxylic acids is 1. The highest BCUT2D eigenvalue weighted by molar-refractivity contribution is 5.86. The Morgan fingerprint density at radius 2 is 1.94 bits per heavy atom. The van der Waals surface area contributed by atoms with E-state index in [4.69, 9.17) is 14.6 Å². The summed E-state index contributed by atoms with van der Waals surface area (Å²) in [4.78, 5) is 12.9. The van der Waals surface area contributed by atoms with Crippen LogP contribution in [0.5, 0.6) is 5.75 Å². The predicted molar refractivity (Wildman–Crippen MR) is 127 cm³/mol. The maximum Gasteiger partial charge on any atom is 0.341 e. The predicted octanol–water partition coefficient (Wildman–Crippen LogP) is 4.25. The van der Waals surface area contributed by atoms with E-state index < -0.39 is 5.97 Å². The molecule has 0 amide bonds. The van der Waals surface area contributed by atoms with Gasteiger partial charge in [-0.2, -0.15) is 0 Å². The highest BCUT2D eigenvalue weighted by Crippen LogP contribution is 2.25. The van der Waals surface area contributed by atoms with Crippen LogP contribution in [0.4, 0.5) is 5.69 Å². The summed E-state index contributed by atoms with van der Waals surface area (Å²) in [5.74, 6) is -0.416. The zero-order chi connectivity index (χ0) is 22.3. The standard InChI is InChI=1S/C26H30N2O4/c1-19(24-8-4-6-20-5-2-3-7-25(20)24)27-14-13-23-17-28(15-16-31-23)21-9-11-22(12-10-21)32-18-26(29)30/h2-12,19,23,27H,13-18H2,1H3,(H,29,30)/t19-,23?/m1/s1. The van der Waals surface area contributed by atoms with Crippen molar-refractivity contribution in [2.45, 2.75) is 25.5 Å². The van der Waals surface area contributed by atoms with E-state index in [1.165, 1.54) is 16.3 Å². The van der Waals surface area contributed by atoms with Gasteiger partial charge in [0.05, 0.1) is 12.7 Å². The molecule has 0 aliphatic carbocycles. The first kappa shape index (κ1) is 22.1. The molecule has 6 nitrogen and oxygen atoms in total. The third kappa shape index (κ3) is 5.58. The van der Waals surface area contributed by atoms with Crippen molar-refractivity contribution in [2.24, 2.45) is 0 Å². The molecular weight excluding hydrogens is 404 g/mol. The number of nitrogens with one attached hydrogen (secondary N) is 1. The minimum absolute atomic E-state index is 0.166. The maximum absolute atomic E-state index is 10.6. The number of anilines is 1. The summed E-state index contributed by atoms with van der Waals surface area (Å²) < 4.78 is 11.2. The van der Waals surface area contributed by atoms with Crippen LogP contribution in [0.3, 0.4) is 0 Å². The molecule has 168 valence electrons. The van der Waals surface area contributed by atoms with Gasteiger partial charge >= 0.3 is 5.97 Å². The first-order valence-corrected chi connectivity index (χ1v) is 11.1. The zero-order valence-corrected chi connectivity index (χ0v) is 18.4. The quantitative estimate of drug-likeness (QED) is 0.525. The zero-order valence-electron chi connectivity index (χ0n) is 18.4. The Balaban J connectivity index is 1.28. The lowest BCUT2D eigenvalue weighted by Crippen LogP contribution is -2.43. The van der Waals surface area contributed by atoms with E-state index in [9.17, 15) is 4.79 Å². The fraction of sp³-hybridized carbons (Fsp3) is 0.346. The van der Waals surface area contributed by atoms with E-state index in [0.717, 1.165) is 31.7 Å². The smallest absolute Gasteiger partial charge is 0.341 e. The summed E-state index contributed by atoms with van der Waals surface area (Å²) in [6.07, 6.45) is 1.10. The number of rotatable bonds is 9. The van der Waals surface area contributed by atoms with Crippen molar-refractivity contribution in [1.82, 2.24) is 5.32 Å². The van der Waals surface area contributed by atoms with E-state index >= 15 is 0 Å². The van der Waals surface area contributed by atoms with Crippen molar-refractivity contribution in [2.75, 3.05) is 37.7 Å². The van der Waals surface area contributed by atoms with Crippen LogP contribution in [0, 0.1) is 0 Å². The van der Waals surface area contributed by atoms with Crippen LogP contribution in [0.15, 0.2) is 66.7 Å². The molecule has 1 saturated heterocycles. The van der Waals surface area contributed by atoms with E-state index in [1.807, 2.05) is 24.3 Å². The molecule has 0 radical (unpaired) electrons. The lowest BCUT2D eigenvalue weighted by Gasteiger charge is -2.35. The van der Waals surface area contributed by atoms with Gasteiger partial charge < -0.3 is 24.8 Å². The lowest BCUT2D eigenvalue weighted by molar-refractivity contribution is -0.139. The molecule has 1 fully saturated rings. The summed E-state index contributed by atoms with van der Waals surface area (Å²) in [6.45, 7) is 5.13. The lowest BCUT2D eigenvalue weighted by atomic mass is 9.99. The molecule has 0 saturated carbocycles. The minimum Gasteiger partial charge on any atom is -0.482 e. The van der Waals surface area contributed by atoms with Crippen LogP contribution < -0.4 is 15.0 Å². The molecule has 0 aromatic heterocycles. The second-order valence-electron chi connectivity index (χ2n) is 8.15. The maximum atomic E-state index is 10.6. The number of morpholine rings is 1. The number of carboxylic acid groups (broad SMARTS) is 1. The Labute approximate surface area is 188 Å². The number of hydrogen-bond donors (Lipinski definition) is 2. The van der Waals surface area contributed by atoms with Crippen molar-refractivity contribution in [3.05, 3.63) is 72.3 Å². The van der Waals surface area contributed by atoms with Crippen LogP contribution in [-0.4, -0.2) is 50.0 Å². The number of benzene rings is 3. The van der Waals surface area contributed by atoms with Crippen LogP contribution >= 0.6 is 0 Å². The van der Waals surface area contributed by atoms with E-state index in [0.29, 0.717) is 12.4 Å². The number of hydrogen-bond acceptors (Lipinski definition) is 5. The molecule has 2 atom stereocenters. The van der Waals surface area contributed by atoms with E-state index in [1.54, 1.807) is 0 Å². The molecule has 0 bridgehead atoms. The second kappa shape index (κ2) is 10.5. The van der Waals surface area contributed by atoms with Gasteiger partial charge in [0, 0.05) is 24.8 Å². The van der Waals surface area contributed by atoms with E-state index in [2.05, 4.69) is 59.6 Å². The summed E-state index contributed by atoms with van der Waals surface area (Å²) >= 11 is 0. The average molecular weight is 435 g/mol. The van der Waals surface area contributed by atoms with Crippen LogP contribution in [0.2, 0.25) is 0 Å². The highest BCUT2D eigenvalue weighted by atomic mass is 16.5. The number of ether oxygens (including phenoxy) is 2. The number of aliphatic carboxylic acids is 1. The Kier molecular flexibility index (Phi) is 7.24. The molecule has 1 unspecified atom stereocenters. The minimum atomic E-state index is -0.978. The second-order valence-corrected chi connectivity index (χ2v) is 8.15. The largest absolute Gasteiger partial charge is 0.482 e. The highest BCUT2D eigenvalue weighted by Gasteiger charge is 2.21.